The number of carbonyl (C=O) groups is 1. The Morgan fingerprint density at radius 1 is 1.21 bits per heavy atom. The minimum atomic E-state index is -0.0160. The van der Waals surface area contributed by atoms with E-state index in [1.165, 1.54) is 11.9 Å². The molecule has 1 aromatic carbocycles. The summed E-state index contributed by atoms with van der Waals surface area (Å²) in [6.07, 6.45) is 3.91. The maximum Gasteiger partial charge on any atom is 0.253 e. The van der Waals surface area contributed by atoms with Crippen LogP contribution < -0.4 is 4.74 Å². The van der Waals surface area contributed by atoms with Crippen LogP contribution in [0.1, 0.15) is 43.1 Å². The minimum absolute atomic E-state index is 0.0160. The van der Waals surface area contributed by atoms with E-state index < -0.39 is 0 Å². The molecule has 0 N–H and O–H groups in total. The molecule has 0 unspecified atom stereocenters. The molecular formula is C19H23N3O2. The predicted molar refractivity (Wildman–Crippen MR) is 92.1 cm³/mol. The van der Waals surface area contributed by atoms with Gasteiger partial charge in [-0.25, -0.2) is 9.97 Å². The summed E-state index contributed by atoms with van der Waals surface area (Å²) in [5.74, 6) is 0.614. The number of benzene rings is 1. The van der Waals surface area contributed by atoms with E-state index >= 15 is 0 Å². The second-order valence-corrected chi connectivity index (χ2v) is 7.15. The molecule has 1 aromatic heterocycles. The van der Waals surface area contributed by atoms with Gasteiger partial charge in [-0.05, 0) is 23.1 Å². The van der Waals surface area contributed by atoms with Crippen LogP contribution in [0.2, 0.25) is 0 Å². The zero-order valence-electron chi connectivity index (χ0n) is 14.4. The van der Waals surface area contributed by atoms with Gasteiger partial charge in [0, 0.05) is 30.8 Å². The lowest BCUT2D eigenvalue weighted by Gasteiger charge is -2.20. The van der Waals surface area contributed by atoms with Gasteiger partial charge in [-0.15, -0.1) is 0 Å². The van der Waals surface area contributed by atoms with E-state index in [2.05, 4.69) is 30.7 Å². The van der Waals surface area contributed by atoms with Gasteiger partial charge in [-0.2, -0.15) is 0 Å². The van der Waals surface area contributed by atoms with E-state index in [0.717, 1.165) is 12.0 Å². The van der Waals surface area contributed by atoms with Crippen LogP contribution in [0.25, 0.3) is 0 Å². The van der Waals surface area contributed by atoms with E-state index in [-0.39, 0.29) is 17.4 Å². The highest BCUT2D eigenvalue weighted by Gasteiger charge is 2.28. The third kappa shape index (κ3) is 3.72. The van der Waals surface area contributed by atoms with Gasteiger partial charge in [0.25, 0.3) is 5.91 Å². The Labute approximate surface area is 142 Å². The molecule has 0 saturated carbocycles. The van der Waals surface area contributed by atoms with E-state index in [0.29, 0.717) is 19.0 Å². The van der Waals surface area contributed by atoms with Crippen LogP contribution in [-0.2, 0) is 5.41 Å². The minimum Gasteiger partial charge on any atom is -0.472 e. The zero-order chi connectivity index (χ0) is 17.2. The molecule has 0 radical (unpaired) electrons. The summed E-state index contributed by atoms with van der Waals surface area (Å²) >= 11 is 0. The van der Waals surface area contributed by atoms with Crippen LogP contribution >= 0.6 is 0 Å². The van der Waals surface area contributed by atoms with E-state index in [1.807, 2.05) is 29.2 Å². The summed E-state index contributed by atoms with van der Waals surface area (Å²) < 4.78 is 5.81. The molecule has 1 atom stereocenters. The first kappa shape index (κ1) is 16.4. The summed E-state index contributed by atoms with van der Waals surface area (Å²) in [5, 5.41) is 0. The maximum absolute atomic E-state index is 12.7. The second-order valence-electron chi connectivity index (χ2n) is 7.15. The van der Waals surface area contributed by atoms with Crippen molar-refractivity contribution in [3.63, 3.8) is 0 Å². The molecule has 24 heavy (non-hydrogen) atoms. The summed E-state index contributed by atoms with van der Waals surface area (Å²) in [7, 11) is 0. The summed E-state index contributed by atoms with van der Waals surface area (Å²) in [5.41, 5.74) is 2.04. The monoisotopic (exact) mass is 325 g/mol. The van der Waals surface area contributed by atoms with Crippen molar-refractivity contribution in [2.75, 3.05) is 13.1 Å². The average molecular weight is 325 g/mol. The fourth-order valence-corrected chi connectivity index (χ4v) is 2.82. The van der Waals surface area contributed by atoms with Gasteiger partial charge in [0.1, 0.15) is 12.4 Å². The Bertz CT molecular complexity index is 693. The number of hydrogen-bond acceptors (Lipinski definition) is 4. The number of amides is 1. The number of hydrogen-bond donors (Lipinski definition) is 0. The van der Waals surface area contributed by atoms with Gasteiger partial charge < -0.3 is 9.64 Å². The van der Waals surface area contributed by atoms with Crippen molar-refractivity contribution in [3.8, 4) is 5.88 Å². The number of likely N-dealkylation sites (tertiary alicyclic amines) is 1. The lowest BCUT2D eigenvalue weighted by atomic mass is 9.86. The third-order valence-electron chi connectivity index (χ3n) is 4.27. The molecule has 1 saturated heterocycles. The highest BCUT2D eigenvalue weighted by atomic mass is 16.5. The Hall–Kier alpha value is -2.43. The molecule has 1 fully saturated rings. The molecule has 5 nitrogen and oxygen atoms in total. The molecule has 126 valence electrons. The van der Waals surface area contributed by atoms with Crippen molar-refractivity contribution in [1.82, 2.24) is 14.9 Å². The van der Waals surface area contributed by atoms with Gasteiger partial charge >= 0.3 is 0 Å². The molecule has 2 aromatic rings. The molecule has 0 bridgehead atoms. The Balaban J connectivity index is 1.62. The van der Waals surface area contributed by atoms with Crippen LogP contribution in [0.4, 0.5) is 0 Å². The van der Waals surface area contributed by atoms with Crippen LogP contribution in [-0.4, -0.2) is 40.0 Å². The first-order valence-corrected chi connectivity index (χ1v) is 8.26. The number of carbonyl (C=O) groups excluding carboxylic acids is 1. The predicted octanol–water partition coefficient (Wildman–Crippen LogP) is 3.07. The quantitative estimate of drug-likeness (QED) is 0.870. The number of aromatic nitrogens is 2. The smallest absolute Gasteiger partial charge is 0.253 e. The van der Waals surface area contributed by atoms with Crippen LogP contribution in [0.5, 0.6) is 5.88 Å². The SMILES string of the molecule is CC(C)(C)c1ccc(C(=O)N2CC[C@H](Oc3ccncn3)C2)cc1. The van der Waals surface area contributed by atoms with Gasteiger partial charge in [0.05, 0.1) is 6.54 Å². The van der Waals surface area contributed by atoms with Crippen molar-refractivity contribution in [2.45, 2.75) is 38.7 Å². The maximum atomic E-state index is 12.7. The molecule has 1 aliphatic rings. The van der Waals surface area contributed by atoms with Gasteiger partial charge in [-0.1, -0.05) is 32.9 Å². The van der Waals surface area contributed by atoms with Crippen molar-refractivity contribution < 1.29 is 9.53 Å². The molecule has 1 aliphatic heterocycles. The van der Waals surface area contributed by atoms with E-state index in [4.69, 9.17) is 4.74 Å². The van der Waals surface area contributed by atoms with E-state index in [1.54, 1.807) is 12.3 Å². The highest BCUT2D eigenvalue weighted by molar-refractivity contribution is 5.94. The first-order valence-electron chi connectivity index (χ1n) is 8.26. The van der Waals surface area contributed by atoms with Crippen molar-refractivity contribution >= 4 is 5.91 Å². The van der Waals surface area contributed by atoms with Gasteiger partial charge in [0.15, 0.2) is 0 Å². The van der Waals surface area contributed by atoms with Crippen LogP contribution in [0.15, 0.2) is 42.9 Å². The fraction of sp³-hybridized carbons (Fsp3) is 0.421. The number of ether oxygens (including phenoxy) is 1. The molecular weight excluding hydrogens is 302 g/mol. The average Bonchev–Trinajstić information content (AvgIpc) is 3.03. The second kappa shape index (κ2) is 6.59. The first-order chi connectivity index (χ1) is 11.4. The number of rotatable bonds is 3. The lowest BCUT2D eigenvalue weighted by Crippen LogP contribution is -2.31. The summed E-state index contributed by atoms with van der Waals surface area (Å²) in [4.78, 5) is 22.4. The summed E-state index contributed by atoms with van der Waals surface area (Å²) in [6.45, 7) is 7.79. The van der Waals surface area contributed by atoms with Crippen LogP contribution in [0, 0.1) is 0 Å². The molecule has 0 spiro atoms. The fourth-order valence-electron chi connectivity index (χ4n) is 2.82. The third-order valence-corrected chi connectivity index (χ3v) is 4.27. The zero-order valence-corrected chi connectivity index (χ0v) is 14.4. The highest BCUT2D eigenvalue weighted by Crippen LogP contribution is 2.23. The Morgan fingerprint density at radius 3 is 2.58 bits per heavy atom. The summed E-state index contributed by atoms with van der Waals surface area (Å²) in [6, 6.07) is 9.65. The van der Waals surface area contributed by atoms with Gasteiger partial charge in [-0.3, -0.25) is 4.79 Å². The topological polar surface area (TPSA) is 55.3 Å². The van der Waals surface area contributed by atoms with E-state index in [9.17, 15) is 4.79 Å². The Kier molecular flexibility index (Phi) is 4.51. The largest absolute Gasteiger partial charge is 0.472 e. The molecule has 2 heterocycles. The normalized spacial score (nSPS) is 17.8. The molecule has 1 amide bonds. The lowest BCUT2D eigenvalue weighted by molar-refractivity contribution is 0.0771. The van der Waals surface area contributed by atoms with Crippen LogP contribution in [0.3, 0.4) is 0 Å². The standard InChI is InChI=1S/C19H23N3O2/c1-19(2,3)15-6-4-14(5-7-15)18(23)22-11-9-16(12-22)24-17-8-10-20-13-21-17/h4-8,10,13,16H,9,11-12H2,1-3H3/t16-/m0/s1. The molecule has 0 aliphatic carbocycles. The van der Waals surface area contributed by atoms with Crippen molar-refractivity contribution in [3.05, 3.63) is 54.0 Å². The van der Waals surface area contributed by atoms with Crippen molar-refractivity contribution in [1.29, 1.82) is 0 Å². The number of nitrogens with zero attached hydrogens (tertiary/aromatic N) is 3. The van der Waals surface area contributed by atoms with Gasteiger partial charge in [0.2, 0.25) is 5.88 Å². The molecule has 3 rings (SSSR count). The molecule has 5 heteroatoms. The van der Waals surface area contributed by atoms with Crippen molar-refractivity contribution in [2.24, 2.45) is 0 Å². The Morgan fingerprint density at radius 2 is 1.96 bits per heavy atom.